The number of aryl methyl sites for hydroxylation is 1. The second kappa shape index (κ2) is 9.82. The number of amides is 1. The molecule has 27 heavy (non-hydrogen) atoms. The molecule has 9 heteroatoms. The molecule has 0 saturated carbocycles. The molecule has 0 aliphatic heterocycles. The van der Waals surface area contributed by atoms with Crippen molar-refractivity contribution in [3.8, 4) is 0 Å². The third-order valence-electron chi connectivity index (χ3n) is 4.10. The summed E-state index contributed by atoms with van der Waals surface area (Å²) in [6.07, 6.45) is 0. The highest BCUT2D eigenvalue weighted by Gasteiger charge is 2.25. The highest BCUT2D eigenvalue weighted by atomic mass is 32.2. The van der Waals surface area contributed by atoms with Gasteiger partial charge in [-0.1, -0.05) is 0 Å². The number of carbonyl (C=O) groups is 2. The van der Waals surface area contributed by atoms with Gasteiger partial charge in [-0.15, -0.1) is 0 Å². The molecule has 0 N–H and O–H groups in total. The lowest BCUT2D eigenvalue weighted by Gasteiger charge is -2.23. The van der Waals surface area contributed by atoms with E-state index in [0.29, 0.717) is 11.1 Å². The Labute approximate surface area is 161 Å². The van der Waals surface area contributed by atoms with Gasteiger partial charge in [0.15, 0.2) is 0 Å². The minimum atomic E-state index is -3.71. The normalized spacial score (nSPS) is 11.5. The van der Waals surface area contributed by atoms with E-state index in [-0.39, 0.29) is 36.8 Å². The molecule has 0 radical (unpaired) electrons. The molecule has 0 fully saturated rings. The summed E-state index contributed by atoms with van der Waals surface area (Å²) in [4.78, 5) is 26.1. The van der Waals surface area contributed by atoms with Gasteiger partial charge in [-0.05, 0) is 44.0 Å². The van der Waals surface area contributed by atoms with Crippen LogP contribution in [0.1, 0.15) is 28.4 Å². The minimum Gasteiger partial charge on any atom is -0.465 e. The summed E-state index contributed by atoms with van der Waals surface area (Å²) < 4.78 is 36.2. The van der Waals surface area contributed by atoms with E-state index in [9.17, 15) is 18.0 Å². The molecular formula is C18H28N2O6S. The van der Waals surface area contributed by atoms with E-state index in [2.05, 4.69) is 0 Å². The minimum absolute atomic E-state index is 0.0682. The fraction of sp³-hybridized carbons (Fsp3) is 0.556. The quantitative estimate of drug-likeness (QED) is 0.579. The van der Waals surface area contributed by atoms with Gasteiger partial charge >= 0.3 is 5.97 Å². The van der Waals surface area contributed by atoms with Gasteiger partial charge in [0.2, 0.25) is 10.0 Å². The molecule has 0 unspecified atom stereocenters. The molecule has 1 amide bonds. The van der Waals surface area contributed by atoms with Crippen molar-refractivity contribution >= 4 is 21.9 Å². The zero-order valence-corrected chi connectivity index (χ0v) is 17.6. The number of carbonyl (C=O) groups excluding carboxylic acids is 2. The van der Waals surface area contributed by atoms with Crippen LogP contribution in [0.5, 0.6) is 0 Å². The first-order chi connectivity index (χ1) is 12.6. The van der Waals surface area contributed by atoms with Gasteiger partial charge in [0.25, 0.3) is 5.91 Å². The summed E-state index contributed by atoms with van der Waals surface area (Å²) >= 11 is 0. The Bertz CT molecular complexity index is 789. The van der Waals surface area contributed by atoms with Crippen LogP contribution >= 0.6 is 0 Å². The predicted molar refractivity (Wildman–Crippen MR) is 101 cm³/mol. The number of hydrogen-bond donors (Lipinski definition) is 0. The van der Waals surface area contributed by atoms with E-state index in [1.807, 2.05) is 0 Å². The number of rotatable bonds is 9. The SMILES string of the molecule is CCOC(=O)CN(CCOC)C(=O)c1cc(C)c(C)c(S(=O)(=O)N(C)C)c1. The molecular weight excluding hydrogens is 372 g/mol. The molecule has 0 aromatic heterocycles. The van der Waals surface area contributed by atoms with Gasteiger partial charge in [0.1, 0.15) is 6.54 Å². The lowest BCUT2D eigenvalue weighted by atomic mass is 10.1. The van der Waals surface area contributed by atoms with E-state index < -0.39 is 21.9 Å². The number of nitrogens with zero attached hydrogens (tertiary/aromatic N) is 2. The summed E-state index contributed by atoms with van der Waals surface area (Å²) in [5, 5.41) is 0. The third-order valence-corrected chi connectivity index (χ3v) is 6.04. The Hall–Kier alpha value is -1.97. The van der Waals surface area contributed by atoms with Crippen LogP contribution in [0.15, 0.2) is 17.0 Å². The molecule has 8 nitrogen and oxygen atoms in total. The topological polar surface area (TPSA) is 93.2 Å². The van der Waals surface area contributed by atoms with Crippen molar-refractivity contribution in [1.82, 2.24) is 9.21 Å². The van der Waals surface area contributed by atoms with E-state index in [0.717, 1.165) is 4.31 Å². The molecule has 0 bridgehead atoms. The van der Waals surface area contributed by atoms with Gasteiger partial charge in [-0.25, -0.2) is 12.7 Å². The van der Waals surface area contributed by atoms with Gasteiger partial charge in [-0.2, -0.15) is 0 Å². The molecule has 1 rings (SSSR count). The molecule has 1 aromatic carbocycles. The van der Waals surface area contributed by atoms with E-state index >= 15 is 0 Å². The number of ether oxygens (including phenoxy) is 2. The first-order valence-corrected chi connectivity index (χ1v) is 9.97. The highest BCUT2D eigenvalue weighted by Crippen LogP contribution is 2.24. The van der Waals surface area contributed by atoms with E-state index in [1.165, 1.54) is 32.2 Å². The number of benzene rings is 1. The van der Waals surface area contributed by atoms with Crippen molar-refractivity contribution in [3.05, 3.63) is 28.8 Å². The second-order valence-corrected chi connectivity index (χ2v) is 8.35. The number of esters is 1. The largest absolute Gasteiger partial charge is 0.465 e. The lowest BCUT2D eigenvalue weighted by molar-refractivity contribution is -0.143. The van der Waals surface area contributed by atoms with Crippen LogP contribution in [-0.2, 0) is 24.3 Å². The zero-order valence-electron chi connectivity index (χ0n) is 16.7. The maximum Gasteiger partial charge on any atom is 0.325 e. The van der Waals surface area contributed by atoms with Crippen LogP contribution in [0.2, 0.25) is 0 Å². The summed E-state index contributed by atoms with van der Waals surface area (Å²) in [6.45, 7) is 5.50. The van der Waals surface area contributed by atoms with Crippen LogP contribution in [0.4, 0.5) is 0 Å². The highest BCUT2D eigenvalue weighted by molar-refractivity contribution is 7.89. The molecule has 152 valence electrons. The summed E-state index contributed by atoms with van der Waals surface area (Å²) in [7, 11) is 0.646. The maximum atomic E-state index is 13.0. The van der Waals surface area contributed by atoms with Gasteiger partial charge in [0.05, 0.1) is 18.1 Å². The van der Waals surface area contributed by atoms with Crippen molar-refractivity contribution in [2.24, 2.45) is 0 Å². The summed E-state index contributed by atoms with van der Waals surface area (Å²) in [6, 6.07) is 2.97. The Morgan fingerprint density at radius 3 is 2.30 bits per heavy atom. The molecule has 0 spiro atoms. The van der Waals surface area contributed by atoms with Crippen molar-refractivity contribution < 1.29 is 27.5 Å². The molecule has 0 heterocycles. The third kappa shape index (κ3) is 5.75. The molecule has 0 saturated heterocycles. The van der Waals surface area contributed by atoms with Crippen molar-refractivity contribution in [1.29, 1.82) is 0 Å². The Kier molecular flexibility index (Phi) is 8.39. The van der Waals surface area contributed by atoms with Crippen LogP contribution in [0.25, 0.3) is 0 Å². The van der Waals surface area contributed by atoms with Gasteiger partial charge < -0.3 is 14.4 Å². The molecule has 0 aliphatic carbocycles. The average molecular weight is 400 g/mol. The van der Waals surface area contributed by atoms with Crippen molar-refractivity contribution in [2.75, 3.05) is 47.5 Å². The number of methoxy groups -OCH3 is 1. The van der Waals surface area contributed by atoms with Crippen LogP contribution < -0.4 is 0 Å². The second-order valence-electron chi connectivity index (χ2n) is 6.23. The smallest absolute Gasteiger partial charge is 0.325 e. The van der Waals surface area contributed by atoms with Gasteiger partial charge in [0, 0.05) is 33.3 Å². The molecule has 1 aromatic rings. The Morgan fingerprint density at radius 2 is 1.78 bits per heavy atom. The lowest BCUT2D eigenvalue weighted by Crippen LogP contribution is -2.39. The predicted octanol–water partition coefficient (Wildman–Crippen LogP) is 1.21. The number of sulfonamides is 1. The molecule has 0 aliphatic rings. The summed E-state index contributed by atoms with van der Waals surface area (Å²) in [5.41, 5.74) is 1.44. The van der Waals surface area contributed by atoms with Crippen molar-refractivity contribution in [2.45, 2.75) is 25.7 Å². The fourth-order valence-electron chi connectivity index (χ4n) is 2.41. The first-order valence-electron chi connectivity index (χ1n) is 8.53. The van der Waals surface area contributed by atoms with Crippen molar-refractivity contribution in [3.63, 3.8) is 0 Å². The van der Waals surface area contributed by atoms with E-state index in [4.69, 9.17) is 9.47 Å². The summed E-state index contributed by atoms with van der Waals surface area (Å²) in [5.74, 6) is -0.995. The van der Waals surface area contributed by atoms with Gasteiger partial charge in [-0.3, -0.25) is 9.59 Å². The van der Waals surface area contributed by atoms with Crippen LogP contribution in [-0.4, -0.2) is 77.0 Å². The Morgan fingerprint density at radius 1 is 1.15 bits per heavy atom. The monoisotopic (exact) mass is 400 g/mol. The Balaban J connectivity index is 3.33. The average Bonchev–Trinajstić information content (AvgIpc) is 2.60. The zero-order chi connectivity index (χ0) is 20.8. The standard InChI is InChI=1S/C18H28N2O6S/c1-7-26-17(21)12-20(8-9-25-6)18(22)15-10-13(2)14(3)16(11-15)27(23,24)19(4)5/h10-11H,7-9,12H2,1-6H3. The fourth-order valence-corrected chi connectivity index (χ4v) is 3.63. The first kappa shape index (κ1) is 23.1. The van der Waals surface area contributed by atoms with Crippen LogP contribution in [0, 0.1) is 13.8 Å². The number of hydrogen-bond acceptors (Lipinski definition) is 6. The van der Waals surface area contributed by atoms with E-state index in [1.54, 1.807) is 26.8 Å². The maximum absolute atomic E-state index is 13.0. The molecule has 0 atom stereocenters. The van der Waals surface area contributed by atoms with Crippen LogP contribution in [0.3, 0.4) is 0 Å².